The molecular formula is C18H18N4O2. The maximum absolute atomic E-state index is 12.1. The summed E-state index contributed by atoms with van der Waals surface area (Å²) in [7, 11) is 0. The molecule has 24 heavy (non-hydrogen) atoms. The van der Waals surface area contributed by atoms with Gasteiger partial charge in [0.15, 0.2) is 0 Å². The number of hydrogen-bond acceptors (Lipinski definition) is 5. The van der Waals surface area contributed by atoms with Gasteiger partial charge in [-0.15, -0.1) is 0 Å². The Balaban J connectivity index is 1.53. The highest BCUT2D eigenvalue weighted by Crippen LogP contribution is 2.15. The normalized spacial score (nSPS) is 11.9. The predicted octanol–water partition coefficient (Wildman–Crippen LogP) is 2.94. The molecule has 6 heteroatoms. The number of aromatic nitrogens is 3. The SMILES string of the molecule is CC(NC(=O)CCc1nc(-c2ccccc2)no1)c1ccncc1. The molecule has 2 aromatic heterocycles. The average Bonchev–Trinajstić information content (AvgIpc) is 3.10. The van der Waals surface area contributed by atoms with Crippen molar-refractivity contribution < 1.29 is 9.32 Å². The molecule has 0 saturated heterocycles. The molecule has 3 aromatic rings. The Morgan fingerprint density at radius 2 is 1.92 bits per heavy atom. The fraction of sp³-hybridized carbons (Fsp3) is 0.222. The van der Waals surface area contributed by atoms with E-state index >= 15 is 0 Å². The van der Waals surface area contributed by atoms with Gasteiger partial charge >= 0.3 is 0 Å². The van der Waals surface area contributed by atoms with E-state index in [0.29, 0.717) is 24.6 Å². The standard InChI is InChI=1S/C18H18N4O2/c1-13(14-9-11-19-12-10-14)20-16(23)7-8-17-21-18(22-24-17)15-5-3-2-4-6-15/h2-6,9-13H,7-8H2,1H3,(H,20,23). The highest BCUT2D eigenvalue weighted by atomic mass is 16.5. The van der Waals surface area contributed by atoms with Gasteiger partial charge in [-0.2, -0.15) is 4.98 Å². The van der Waals surface area contributed by atoms with E-state index in [1.807, 2.05) is 49.4 Å². The summed E-state index contributed by atoms with van der Waals surface area (Å²) in [6.07, 6.45) is 4.13. The minimum atomic E-state index is -0.0666. The van der Waals surface area contributed by atoms with E-state index in [9.17, 15) is 4.79 Å². The van der Waals surface area contributed by atoms with Gasteiger partial charge in [0, 0.05) is 30.8 Å². The van der Waals surface area contributed by atoms with Crippen LogP contribution in [0.1, 0.15) is 30.8 Å². The van der Waals surface area contributed by atoms with Crippen LogP contribution in [0.5, 0.6) is 0 Å². The van der Waals surface area contributed by atoms with Crippen LogP contribution < -0.4 is 5.32 Å². The minimum Gasteiger partial charge on any atom is -0.350 e. The van der Waals surface area contributed by atoms with Gasteiger partial charge in [0.2, 0.25) is 17.6 Å². The average molecular weight is 322 g/mol. The molecule has 1 unspecified atom stereocenters. The molecule has 1 amide bonds. The maximum Gasteiger partial charge on any atom is 0.227 e. The summed E-state index contributed by atoms with van der Waals surface area (Å²) >= 11 is 0. The summed E-state index contributed by atoms with van der Waals surface area (Å²) in [5.41, 5.74) is 1.91. The van der Waals surface area contributed by atoms with Crippen molar-refractivity contribution in [3.05, 3.63) is 66.3 Å². The third-order valence-corrected chi connectivity index (χ3v) is 3.65. The molecule has 6 nitrogen and oxygen atoms in total. The number of nitrogens with one attached hydrogen (secondary N) is 1. The number of carbonyl (C=O) groups excluding carboxylic acids is 1. The molecule has 0 aliphatic carbocycles. The highest BCUT2D eigenvalue weighted by Gasteiger charge is 2.12. The Bertz CT molecular complexity index is 787. The number of aryl methyl sites for hydroxylation is 1. The minimum absolute atomic E-state index is 0.0567. The molecule has 0 aliphatic rings. The van der Waals surface area contributed by atoms with Gasteiger partial charge in [0.05, 0.1) is 6.04 Å². The lowest BCUT2D eigenvalue weighted by Crippen LogP contribution is -2.26. The summed E-state index contributed by atoms with van der Waals surface area (Å²) in [5, 5.41) is 6.90. The van der Waals surface area contributed by atoms with Gasteiger partial charge in [0.1, 0.15) is 0 Å². The van der Waals surface area contributed by atoms with Crippen LogP contribution in [0, 0.1) is 0 Å². The number of hydrogen-bond donors (Lipinski definition) is 1. The zero-order valence-corrected chi connectivity index (χ0v) is 13.3. The van der Waals surface area contributed by atoms with E-state index < -0.39 is 0 Å². The summed E-state index contributed by atoms with van der Waals surface area (Å²) in [6.45, 7) is 1.94. The third kappa shape index (κ3) is 4.04. The first kappa shape index (κ1) is 15.9. The molecule has 0 radical (unpaired) electrons. The van der Waals surface area contributed by atoms with Crippen LogP contribution >= 0.6 is 0 Å². The van der Waals surface area contributed by atoms with Crippen molar-refractivity contribution in [2.24, 2.45) is 0 Å². The van der Waals surface area contributed by atoms with Gasteiger partial charge in [-0.1, -0.05) is 35.5 Å². The molecule has 0 aliphatic heterocycles. The largest absolute Gasteiger partial charge is 0.350 e. The molecule has 0 spiro atoms. The van der Waals surface area contributed by atoms with Crippen molar-refractivity contribution in [2.75, 3.05) is 0 Å². The number of benzene rings is 1. The Kier molecular flexibility index (Phi) is 4.96. The van der Waals surface area contributed by atoms with Crippen molar-refractivity contribution in [2.45, 2.75) is 25.8 Å². The van der Waals surface area contributed by atoms with E-state index in [2.05, 4.69) is 20.4 Å². The first-order valence-electron chi connectivity index (χ1n) is 7.79. The molecule has 1 N–H and O–H groups in total. The van der Waals surface area contributed by atoms with Gasteiger partial charge in [-0.25, -0.2) is 0 Å². The smallest absolute Gasteiger partial charge is 0.227 e. The Hall–Kier alpha value is -3.02. The van der Waals surface area contributed by atoms with Gasteiger partial charge < -0.3 is 9.84 Å². The van der Waals surface area contributed by atoms with E-state index in [-0.39, 0.29) is 11.9 Å². The van der Waals surface area contributed by atoms with E-state index in [1.165, 1.54) is 0 Å². The zero-order chi connectivity index (χ0) is 16.8. The first-order valence-corrected chi connectivity index (χ1v) is 7.79. The second-order valence-corrected chi connectivity index (χ2v) is 5.45. The van der Waals surface area contributed by atoms with Crippen molar-refractivity contribution in [1.29, 1.82) is 0 Å². The molecular weight excluding hydrogens is 304 g/mol. The summed E-state index contributed by atoms with van der Waals surface area (Å²) in [5.74, 6) is 0.940. The lowest BCUT2D eigenvalue weighted by atomic mass is 10.1. The van der Waals surface area contributed by atoms with Crippen LogP contribution in [0.3, 0.4) is 0 Å². The van der Waals surface area contributed by atoms with Crippen molar-refractivity contribution in [3.8, 4) is 11.4 Å². The quantitative estimate of drug-likeness (QED) is 0.754. The number of carbonyl (C=O) groups is 1. The fourth-order valence-corrected chi connectivity index (χ4v) is 2.33. The number of rotatable bonds is 6. The molecule has 3 rings (SSSR count). The van der Waals surface area contributed by atoms with E-state index in [1.54, 1.807) is 12.4 Å². The van der Waals surface area contributed by atoms with Crippen molar-refractivity contribution in [3.63, 3.8) is 0 Å². The summed E-state index contributed by atoms with van der Waals surface area (Å²) in [4.78, 5) is 20.4. The topological polar surface area (TPSA) is 80.9 Å². The lowest BCUT2D eigenvalue weighted by Gasteiger charge is -2.13. The molecule has 0 bridgehead atoms. The van der Waals surface area contributed by atoms with Crippen LogP contribution in [0.4, 0.5) is 0 Å². The van der Waals surface area contributed by atoms with E-state index in [4.69, 9.17) is 4.52 Å². The second-order valence-electron chi connectivity index (χ2n) is 5.45. The van der Waals surface area contributed by atoms with Gasteiger partial charge in [0.25, 0.3) is 0 Å². The Labute approximate surface area is 139 Å². The van der Waals surface area contributed by atoms with Gasteiger partial charge in [-0.3, -0.25) is 9.78 Å². The Morgan fingerprint density at radius 3 is 2.67 bits per heavy atom. The number of amides is 1. The number of pyridine rings is 1. The van der Waals surface area contributed by atoms with Crippen LogP contribution in [-0.2, 0) is 11.2 Å². The summed E-state index contributed by atoms with van der Waals surface area (Å²) in [6, 6.07) is 13.3. The molecule has 2 heterocycles. The third-order valence-electron chi connectivity index (χ3n) is 3.65. The molecule has 1 aromatic carbocycles. The lowest BCUT2D eigenvalue weighted by molar-refractivity contribution is -0.121. The van der Waals surface area contributed by atoms with Crippen LogP contribution in [-0.4, -0.2) is 21.0 Å². The summed E-state index contributed by atoms with van der Waals surface area (Å²) < 4.78 is 5.21. The van der Waals surface area contributed by atoms with Crippen LogP contribution in [0.25, 0.3) is 11.4 Å². The molecule has 1 atom stereocenters. The van der Waals surface area contributed by atoms with Gasteiger partial charge in [-0.05, 0) is 24.6 Å². The number of nitrogens with zero attached hydrogens (tertiary/aromatic N) is 3. The molecule has 0 fully saturated rings. The maximum atomic E-state index is 12.1. The zero-order valence-electron chi connectivity index (χ0n) is 13.3. The van der Waals surface area contributed by atoms with Crippen molar-refractivity contribution in [1.82, 2.24) is 20.4 Å². The second kappa shape index (κ2) is 7.50. The Morgan fingerprint density at radius 1 is 1.17 bits per heavy atom. The van der Waals surface area contributed by atoms with E-state index in [0.717, 1.165) is 11.1 Å². The fourth-order valence-electron chi connectivity index (χ4n) is 2.33. The van der Waals surface area contributed by atoms with Crippen LogP contribution in [0.15, 0.2) is 59.4 Å². The predicted molar refractivity (Wildman–Crippen MR) is 88.8 cm³/mol. The first-order chi connectivity index (χ1) is 11.7. The highest BCUT2D eigenvalue weighted by molar-refractivity contribution is 5.76. The molecule has 0 saturated carbocycles. The molecule has 122 valence electrons. The monoisotopic (exact) mass is 322 g/mol. The van der Waals surface area contributed by atoms with Crippen molar-refractivity contribution >= 4 is 5.91 Å². The van der Waals surface area contributed by atoms with Crippen LogP contribution in [0.2, 0.25) is 0 Å².